The molecule has 0 aliphatic heterocycles. The van der Waals surface area contributed by atoms with Crippen LogP contribution in [0, 0.1) is 11.6 Å². The molecule has 7 nitrogen and oxygen atoms in total. The molecule has 5 aromatic rings. The van der Waals surface area contributed by atoms with Crippen molar-refractivity contribution in [3.63, 3.8) is 0 Å². The normalized spacial score (nSPS) is 11.3. The lowest BCUT2D eigenvalue weighted by molar-refractivity contribution is 0.0523. The fourth-order valence-corrected chi connectivity index (χ4v) is 5.15. The maximum Gasteiger partial charge on any atom is 0.345 e. The molecule has 0 radical (unpaired) electrons. The monoisotopic (exact) mass is 571 g/mol. The van der Waals surface area contributed by atoms with Crippen molar-refractivity contribution >= 4 is 11.6 Å². The van der Waals surface area contributed by atoms with Crippen molar-refractivity contribution in [1.82, 2.24) is 13.9 Å². The number of hydrogen-bond donors (Lipinski definition) is 0. The third kappa shape index (κ3) is 5.69. The number of benzene rings is 3. The quantitative estimate of drug-likeness (QED) is 0.195. The second kappa shape index (κ2) is 12.4. The fourth-order valence-electron chi connectivity index (χ4n) is 5.15. The Morgan fingerprint density at radius 2 is 1.69 bits per heavy atom. The van der Waals surface area contributed by atoms with Crippen molar-refractivity contribution < 1.29 is 23.0 Å². The zero-order valence-electron chi connectivity index (χ0n) is 23.6. The molecule has 0 unspecified atom stereocenters. The first-order valence-electron chi connectivity index (χ1n) is 13.6. The second-order valence-electron chi connectivity index (χ2n) is 9.97. The molecule has 0 atom stereocenters. The lowest BCUT2D eigenvalue weighted by Crippen LogP contribution is -2.29. The summed E-state index contributed by atoms with van der Waals surface area (Å²) in [5.74, 6) is -1.49. The van der Waals surface area contributed by atoms with E-state index >= 15 is 4.39 Å². The van der Waals surface area contributed by atoms with Crippen LogP contribution in [-0.2, 0) is 24.4 Å². The molecule has 0 saturated carbocycles. The fraction of sp³-hybridized carbons (Fsp3) is 0.212. The minimum absolute atomic E-state index is 0.0470. The number of nitrogens with zero attached hydrogens (tertiary/aromatic N) is 3. The van der Waals surface area contributed by atoms with Gasteiger partial charge in [0, 0.05) is 30.4 Å². The molecule has 0 N–H and O–H groups in total. The van der Waals surface area contributed by atoms with Crippen molar-refractivity contribution in [1.29, 1.82) is 0 Å². The molecule has 3 aromatic carbocycles. The van der Waals surface area contributed by atoms with Gasteiger partial charge in [0.2, 0.25) is 0 Å². The van der Waals surface area contributed by atoms with E-state index in [1.54, 1.807) is 49.4 Å². The molecule has 2 aromatic heterocycles. The zero-order chi connectivity index (χ0) is 29.8. The van der Waals surface area contributed by atoms with Crippen LogP contribution in [0.4, 0.5) is 8.78 Å². The van der Waals surface area contributed by atoms with Gasteiger partial charge in [0.25, 0.3) is 5.56 Å². The molecule has 0 fully saturated rings. The largest absolute Gasteiger partial charge is 0.497 e. The molecule has 42 heavy (non-hydrogen) atoms. The Balaban J connectivity index is 1.79. The first-order chi connectivity index (χ1) is 20.3. The van der Waals surface area contributed by atoms with Crippen LogP contribution in [0.2, 0.25) is 0 Å². The molecule has 0 saturated heterocycles. The van der Waals surface area contributed by atoms with E-state index in [0.717, 1.165) is 5.56 Å². The Morgan fingerprint density at radius 3 is 2.40 bits per heavy atom. The number of esters is 1. The average Bonchev–Trinajstić information content (AvgIpc) is 3.28. The summed E-state index contributed by atoms with van der Waals surface area (Å²) in [5, 5.41) is 0. The highest BCUT2D eigenvalue weighted by atomic mass is 19.1. The highest BCUT2D eigenvalue weighted by Crippen LogP contribution is 2.34. The van der Waals surface area contributed by atoms with Crippen molar-refractivity contribution in [3.8, 4) is 16.9 Å². The Morgan fingerprint density at radius 1 is 0.952 bits per heavy atom. The molecular weight excluding hydrogens is 540 g/mol. The molecule has 5 rings (SSSR count). The highest BCUT2D eigenvalue weighted by molar-refractivity contribution is 5.89. The SMILES string of the molecule is CCOC(=O)c1cn(Cc2ccccc2F)c2c(F)c(-c3cccc(OC)c3)c(CN(C)Cc3ccccc3)n2c1=O. The number of halogens is 2. The van der Waals surface area contributed by atoms with Crippen molar-refractivity contribution in [2.24, 2.45) is 0 Å². The number of rotatable bonds is 10. The minimum Gasteiger partial charge on any atom is -0.497 e. The van der Waals surface area contributed by atoms with Gasteiger partial charge in [-0.2, -0.15) is 0 Å². The van der Waals surface area contributed by atoms with Crippen LogP contribution in [-0.4, -0.2) is 40.6 Å². The minimum atomic E-state index is -0.840. The maximum absolute atomic E-state index is 16.8. The topological polar surface area (TPSA) is 65.2 Å². The Kier molecular flexibility index (Phi) is 8.49. The van der Waals surface area contributed by atoms with Gasteiger partial charge >= 0.3 is 5.97 Å². The summed E-state index contributed by atoms with van der Waals surface area (Å²) >= 11 is 0. The number of carbonyl (C=O) groups excluding carboxylic acids is 1. The van der Waals surface area contributed by atoms with Gasteiger partial charge in [-0.15, -0.1) is 0 Å². The Labute approximate surface area is 242 Å². The number of hydrogen-bond acceptors (Lipinski definition) is 5. The van der Waals surface area contributed by atoms with Gasteiger partial charge in [0.1, 0.15) is 17.1 Å². The maximum atomic E-state index is 16.8. The van der Waals surface area contributed by atoms with Gasteiger partial charge in [-0.1, -0.05) is 60.7 Å². The standard InChI is InChI=1S/C33H31F2N3O4/c1-4-42-33(40)26-20-37(19-24-13-8-9-16-27(24)34)31-30(35)29(23-14-10-15-25(17-23)41-3)28(38(31)32(26)39)21-36(2)18-22-11-6-5-7-12-22/h5-17,20H,4,18-19,21H2,1-3H3. The molecule has 0 spiro atoms. The smallest absolute Gasteiger partial charge is 0.345 e. The van der Waals surface area contributed by atoms with Gasteiger partial charge in [-0.25, -0.2) is 13.6 Å². The Hall–Kier alpha value is -4.76. The van der Waals surface area contributed by atoms with Crippen molar-refractivity contribution in [2.75, 3.05) is 20.8 Å². The number of aromatic nitrogens is 2. The van der Waals surface area contributed by atoms with E-state index in [2.05, 4.69) is 0 Å². The predicted molar refractivity (Wildman–Crippen MR) is 157 cm³/mol. The van der Waals surface area contributed by atoms with Gasteiger partial charge < -0.3 is 14.0 Å². The summed E-state index contributed by atoms with van der Waals surface area (Å²) in [7, 11) is 3.39. The van der Waals surface area contributed by atoms with Gasteiger partial charge in [0.05, 0.1) is 26.0 Å². The molecule has 2 heterocycles. The van der Waals surface area contributed by atoms with Crippen LogP contribution >= 0.6 is 0 Å². The molecule has 9 heteroatoms. The van der Waals surface area contributed by atoms with E-state index in [0.29, 0.717) is 23.6 Å². The van der Waals surface area contributed by atoms with E-state index in [1.165, 1.54) is 28.3 Å². The zero-order valence-corrected chi connectivity index (χ0v) is 23.6. The summed E-state index contributed by atoms with van der Waals surface area (Å²) in [5.41, 5.74) is 1.24. The van der Waals surface area contributed by atoms with E-state index in [4.69, 9.17) is 9.47 Å². The number of fused-ring (bicyclic) bond motifs is 1. The number of methoxy groups -OCH3 is 1. The van der Waals surface area contributed by atoms with Crippen LogP contribution < -0.4 is 10.3 Å². The first kappa shape index (κ1) is 28.8. The summed E-state index contributed by atoms with van der Waals surface area (Å²) in [4.78, 5) is 28.9. The van der Waals surface area contributed by atoms with E-state index in [9.17, 15) is 14.0 Å². The summed E-state index contributed by atoms with van der Waals surface area (Å²) in [6.45, 7) is 2.24. The van der Waals surface area contributed by atoms with E-state index in [1.807, 2.05) is 42.3 Å². The average molecular weight is 572 g/mol. The van der Waals surface area contributed by atoms with Crippen LogP contribution in [0.25, 0.3) is 16.8 Å². The molecule has 0 aliphatic carbocycles. The van der Waals surface area contributed by atoms with E-state index in [-0.39, 0.29) is 42.0 Å². The van der Waals surface area contributed by atoms with Crippen LogP contribution in [0.3, 0.4) is 0 Å². The van der Waals surface area contributed by atoms with Crippen LogP contribution in [0.15, 0.2) is 89.9 Å². The van der Waals surface area contributed by atoms with Gasteiger partial charge in [0.15, 0.2) is 11.5 Å². The summed E-state index contributed by atoms with van der Waals surface area (Å²) < 4.78 is 44.7. The van der Waals surface area contributed by atoms with E-state index < -0.39 is 23.2 Å². The van der Waals surface area contributed by atoms with Crippen molar-refractivity contribution in [2.45, 2.75) is 26.6 Å². The third-order valence-electron chi connectivity index (χ3n) is 7.04. The predicted octanol–water partition coefficient (Wildman–Crippen LogP) is 5.91. The molecule has 216 valence electrons. The third-order valence-corrected chi connectivity index (χ3v) is 7.04. The highest BCUT2D eigenvalue weighted by Gasteiger charge is 2.28. The van der Waals surface area contributed by atoms with Gasteiger partial charge in [-0.05, 0) is 43.3 Å². The van der Waals surface area contributed by atoms with Gasteiger partial charge in [-0.3, -0.25) is 14.1 Å². The molecule has 0 bridgehead atoms. The summed E-state index contributed by atoms with van der Waals surface area (Å²) in [6.07, 6.45) is 1.25. The molecular formula is C33H31F2N3O4. The van der Waals surface area contributed by atoms with Crippen molar-refractivity contribution in [3.05, 3.63) is 129 Å². The van der Waals surface area contributed by atoms with Crippen LogP contribution in [0.1, 0.15) is 34.1 Å². The lowest BCUT2D eigenvalue weighted by atomic mass is 10.0. The Bertz CT molecular complexity index is 1800. The summed E-state index contributed by atoms with van der Waals surface area (Å²) in [6, 6.07) is 22.8. The lowest BCUT2D eigenvalue weighted by Gasteiger charge is -2.19. The number of ether oxygens (including phenoxy) is 2. The van der Waals surface area contributed by atoms with Crippen LogP contribution in [0.5, 0.6) is 5.75 Å². The second-order valence-corrected chi connectivity index (χ2v) is 9.97. The number of carbonyl (C=O) groups is 1. The molecule has 0 aliphatic rings. The first-order valence-corrected chi connectivity index (χ1v) is 13.6. The molecule has 0 amide bonds.